The third kappa shape index (κ3) is 4.11. The van der Waals surface area contributed by atoms with Gasteiger partial charge in [0.25, 0.3) is 0 Å². The molecule has 0 fully saturated rings. The molecule has 0 atom stereocenters. The van der Waals surface area contributed by atoms with Crippen LogP contribution in [0.1, 0.15) is 33.4 Å². The molecule has 3 aromatic carbocycles. The first kappa shape index (κ1) is 16.4. The summed E-state index contributed by atoms with van der Waals surface area (Å²) in [5.74, 6) is 0. The van der Waals surface area contributed by atoms with E-state index in [-0.39, 0.29) is 0 Å². The summed E-state index contributed by atoms with van der Waals surface area (Å²) in [5.41, 5.74) is 8.30. The molecule has 4 bridgehead atoms. The molecule has 0 saturated heterocycles. The largest absolute Gasteiger partial charge is 0.0588 e. The Kier molecular flexibility index (Phi) is 4.85. The zero-order valence-corrected chi connectivity index (χ0v) is 15.8. The highest BCUT2D eigenvalue weighted by Crippen LogP contribution is 2.21. The average molecular weight is 389 g/mol. The topological polar surface area (TPSA) is 0 Å². The van der Waals surface area contributed by atoms with Gasteiger partial charge in [-0.05, 0) is 71.2 Å². The van der Waals surface area contributed by atoms with Gasteiger partial charge in [0, 0.05) is 4.47 Å². The van der Waals surface area contributed by atoms with Crippen LogP contribution in [0.3, 0.4) is 0 Å². The maximum absolute atomic E-state index is 3.50. The monoisotopic (exact) mass is 388 g/mol. The lowest BCUT2D eigenvalue weighted by atomic mass is 9.93. The molecule has 25 heavy (non-hydrogen) atoms. The Morgan fingerprint density at radius 3 is 1.92 bits per heavy atom. The van der Waals surface area contributed by atoms with Gasteiger partial charge in [0.2, 0.25) is 0 Å². The lowest BCUT2D eigenvalue weighted by molar-refractivity contribution is 0.919. The van der Waals surface area contributed by atoms with Crippen LogP contribution in [0.2, 0.25) is 0 Å². The summed E-state index contributed by atoms with van der Waals surface area (Å²) in [6, 6.07) is 24.6. The predicted octanol–water partition coefficient (Wildman–Crippen LogP) is 6.50. The van der Waals surface area contributed by atoms with Gasteiger partial charge in [0.15, 0.2) is 0 Å². The molecule has 0 nitrogen and oxygen atoms in total. The van der Waals surface area contributed by atoms with E-state index in [0.29, 0.717) is 0 Å². The van der Waals surface area contributed by atoms with Crippen molar-refractivity contribution >= 4 is 28.1 Å². The number of aryl methyl sites for hydroxylation is 4. The van der Waals surface area contributed by atoms with E-state index in [4.69, 9.17) is 0 Å². The van der Waals surface area contributed by atoms with Crippen molar-refractivity contribution in [3.05, 3.63) is 105 Å². The summed E-state index contributed by atoms with van der Waals surface area (Å²) in [7, 11) is 0. The second kappa shape index (κ2) is 7.41. The third-order valence-electron chi connectivity index (χ3n) is 4.94. The number of benzene rings is 3. The molecule has 0 amide bonds. The molecule has 0 spiro atoms. The third-order valence-corrected chi connectivity index (χ3v) is 5.47. The highest BCUT2D eigenvalue weighted by atomic mass is 79.9. The van der Waals surface area contributed by atoms with Crippen LogP contribution < -0.4 is 0 Å². The van der Waals surface area contributed by atoms with Crippen LogP contribution in [0.25, 0.3) is 12.2 Å². The van der Waals surface area contributed by atoms with Gasteiger partial charge < -0.3 is 0 Å². The normalized spacial score (nSPS) is 13.8. The lowest BCUT2D eigenvalue weighted by Gasteiger charge is -2.12. The first-order chi connectivity index (χ1) is 12.3. The first-order valence-electron chi connectivity index (χ1n) is 8.89. The molecule has 0 radical (unpaired) electrons. The highest BCUT2D eigenvalue weighted by molar-refractivity contribution is 9.10. The molecule has 7 rings (SSSR count). The van der Waals surface area contributed by atoms with Gasteiger partial charge in [-0.15, -0.1) is 0 Å². The molecule has 3 aromatic rings. The Bertz CT molecular complexity index is 886. The van der Waals surface area contributed by atoms with Crippen molar-refractivity contribution in [2.24, 2.45) is 0 Å². The van der Waals surface area contributed by atoms with Crippen molar-refractivity contribution in [3.8, 4) is 0 Å². The average Bonchev–Trinajstić information content (AvgIpc) is 2.64. The molecule has 0 saturated carbocycles. The van der Waals surface area contributed by atoms with Crippen LogP contribution in [-0.4, -0.2) is 0 Å². The molecular formula is C24H21Br. The van der Waals surface area contributed by atoms with Crippen molar-refractivity contribution in [2.45, 2.75) is 25.7 Å². The predicted molar refractivity (Wildman–Crippen MR) is 111 cm³/mol. The van der Waals surface area contributed by atoms with Gasteiger partial charge in [0.1, 0.15) is 0 Å². The standard InChI is InChI=1S/C24H21Br/c25-24-15-10-20(11-16-24)8-14-23-17-21-6-5-18-1-3-19(4-2-18)7-12-22(23)13-9-21/h1-4,8-11,13-17H,5-7,12H2/b14-8-. The fourth-order valence-electron chi connectivity index (χ4n) is 3.38. The summed E-state index contributed by atoms with van der Waals surface area (Å²) < 4.78 is 1.12. The zero-order valence-electron chi connectivity index (χ0n) is 14.2. The van der Waals surface area contributed by atoms with E-state index in [1.807, 2.05) is 0 Å². The molecule has 0 heterocycles. The van der Waals surface area contributed by atoms with Crippen molar-refractivity contribution in [3.63, 3.8) is 0 Å². The molecule has 4 aliphatic rings. The van der Waals surface area contributed by atoms with Crippen LogP contribution in [0, 0.1) is 0 Å². The number of rotatable bonds is 2. The van der Waals surface area contributed by atoms with Crippen molar-refractivity contribution in [1.82, 2.24) is 0 Å². The van der Waals surface area contributed by atoms with E-state index in [9.17, 15) is 0 Å². The van der Waals surface area contributed by atoms with E-state index >= 15 is 0 Å². The van der Waals surface area contributed by atoms with Gasteiger partial charge >= 0.3 is 0 Å². The molecule has 0 aliphatic heterocycles. The van der Waals surface area contributed by atoms with E-state index in [1.165, 1.54) is 33.4 Å². The maximum Gasteiger partial charge on any atom is 0.0175 e. The molecule has 0 N–H and O–H groups in total. The summed E-state index contributed by atoms with van der Waals surface area (Å²) >= 11 is 3.50. The van der Waals surface area contributed by atoms with Gasteiger partial charge in [-0.25, -0.2) is 0 Å². The summed E-state index contributed by atoms with van der Waals surface area (Å²) in [5, 5.41) is 0. The van der Waals surface area contributed by atoms with E-state index in [1.54, 1.807) is 0 Å². The van der Waals surface area contributed by atoms with Crippen molar-refractivity contribution in [1.29, 1.82) is 0 Å². The molecule has 0 unspecified atom stereocenters. The SMILES string of the molecule is Brc1ccc(/C=C\c2cc3ccc2CCc2ccc(cc2)CC3)cc1. The maximum atomic E-state index is 3.50. The van der Waals surface area contributed by atoms with E-state index in [0.717, 1.165) is 30.2 Å². The minimum atomic E-state index is 1.08. The van der Waals surface area contributed by atoms with Gasteiger partial charge in [-0.1, -0.05) is 82.7 Å². The Balaban J connectivity index is 1.65. The van der Waals surface area contributed by atoms with Crippen LogP contribution >= 0.6 is 15.9 Å². The number of hydrogen-bond donors (Lipinski definition) is 0. The quantitative estimate of drug-likeness (QED) is 0.439. The summed E-state index contributed by atoms with van der Waals surface area (Å²) in [6.07, 6.45) is 8.87. The Morgan fingerprint density at radius 1 is 0.600 bits per heavy atom. The Morgan fingerprint density at radius 2 is 1.20 bits per heavy atom. The van der Waals surface area contributed by atoms with Crippen LogP contribution in [0.15, 0.2) is 71.2 Å². The van der Waals surface area contributed by atoms with Crippen LogP contribution in [0.4, 0.5) is 0 Å². The van der Waals surface area contributed by atoms with Crippen molar-refractivity contribution < 1.29 is 0 Å². The Hall–Kier alpha value is -2.12. The molecular weight excluding hydrogens is 368 g/mol. The second-order valence-corrected chi connectivity index (χ2v) is 7.65. The smallest absolute Gasteiger partial charge is 0.0175 e. The fourth-order valence-corrected chi connectivity index (χ4v) is 3.65. The van der Waals surface area contributed by atoms with Crippen molar-refractivity contribution in [2.75, 3.05) is 0 Å². The Labute approximate surface area is 158 Å². The molecule has 4 aliphatic carbocycles. The van der Waals surface area contributed by atoms with E-state index in [2.05, 4.69) is 94.8 Å². The summed E-state index contributed by atoms with van der Waals surface area (Å²) in [4.78, 5) is 0. The lowest BCUT2D eigenvalue weighted by Crippen LogP contribution is -2.00. The highest BCUT2D eigenvalue weighted by Gasteiger charge is 2.06. The minimum Gasteiger partial charge on any atom is -0.0588 e. The van der Waals surface area contributed by atoms with E-state index < -0.39 is 0 Å². The second-order valence-electron chi connectivity index (χ2n) is 6.73. The van der Waals surface area contributed by atoms with Gasteiger partial charge in [0.05, 0.1) is 0 Å². The fraction of sp³-hybridized carbons (Fsp3) is 0.167. The number of halogens is 1. The number of hydrogen-bond acceptors (Lipinski definition) is 0. The first-order valence-corrected chi connectivity index (χ1v) is 9.69. The van der Waals surface area contributed by atoms with Gasteiger partial charge in [-0.2, -0.15) is 0 Å². The van der Waals surface area contributed by atoms with Crippen LogP contribution in [-0.2, 0) is 25.7 Å². The summed E-state index contributed by atoms with van der Waals surface area (Å²) in [6.45, 7) is 0. The molecule has 1 heteroatoms. The molecule has 0 aromatic heterocycles. The minimum absolute atomic E-state index is 1.08. The van der Waals surface area contributed by atoms with Crippen LogP contribution in [0.5, 0.6) is 0 Å². The van der Waals surface area contributed by atoms with Gasteiger partial charge in [-0.3, -0.25) is 0 Å². The zero-order chi connectivity index (χ0) is 17.1. The molecule has 124 valence electrons.